The molecule has 108 valence electrons. The van der Waals surface area contributed by atoms with E-state index in [2.05, 4.69) is 0 Å². The van der Waals surface area contributed by atoms with Crippen LogP contribution in [0.3, 0.4) is 0 Å². The van der Waals surface area contributed by atoms with E-state index < -0.39 is 12.1 Å². The molecule has 0 saturated carbocycles. The summed E-state index contributed by atoms with van der Waals surface area (Å²) in [7, 11) is 3.19. The molecular formula is C16H15NO4. The minimum absolute atomic E-state index is 0.383. The normalized spacial score (nSPS) is 9.81. The summed E-state index contributed by atoms with van der Waals surface area (Å²) in [5, 5.41) is 0. The average Bonchev–Trinajstić information content (AvgIpc) is 2.50. The Hall–Kier alpha value is -2.82. The summed E-state index contributed by atoms with van der Waals surface area (Å²) in [6.07, 6.45) is -0.468. The van der Waals surface area contributed by atoms with Crippen LogP contribution in [0.25, 0.3) is 0 Å². The summed E-state index contributed by atoms with van der Waals surface area (Å²) >= 11 is 0. The van der Waals surface area contributed by atoms with Crippen molar-refractivity contribution in [2.75, 3.05) is 14.1 Å². The number of hydrogen-bond acceptors (Lipinski definition) is 4. The van der Waals surface area contributed by atoms with Gasteiger partial charge in [-0.2, -0.15) is 0 Å². The van der Waals surface area contributed by atoms with Gasteiger partial charge >= 0.3 is 12.1 Å². The number of esters is 1. The van der Waals surface area contributed by atoms with Crippen LogP contribution in [0, 0.1) is 0 Å². The number of nitrogens with zero attached hydrogens (tertiary/aromatic N) is 1. The molecule has 1 amide bonds. The Kier molecular flexibility index (Phi) is 4.56. The highest BCUT2D eigenvalue weighted by atomic mass is 16.6. The van der Waals surface area contributed by atoms with E-state index in [-0.39, 0.29) is 0 Å². The van der Waals surface area contributed by atoms with Gasteiger partial charge in [-0.1, -0.05) is 18.2 Å². The van der Waals surface area contributed by atoms with Gasteiger partial charge in [0.05, 0.1) is 5.56 Å². The Morgan fingerprint density at radius 2 is 1.33 bits per heavy atom. The molecule has 0 aliphatic rings. The molecule has 0 radical (unpaired) electrons. The average molecular weight is 285 g/mol. The number of ether oxygens (including phenoxy) is 2. The van der Waals surface area contributed by atoms with Crippen LogP contribution in [0.5, 0.6) is 11.5 Å². The van der Waals surface area contributed by atoms with Crippen molar-refractivity contribution in [1.29, 1.82) is 0 Å². The molecule has 21 heavy (non-hydrogen) atoms. The van der Waals surface area contributed by atoms with Crippen molar-refractivity contribution in [3.63, 3.8) is 0 Å². The number of carbonyl (C=O) groups is 2. The van der Waals surface area contributed by atoms with Gasteiger partial charge in [0.2, 0.25) is 0 Å². The van der Waals surface area contributed by atoms with Crippen LogP contribution in [0.2, 0.25) is 0 Å². The SMILES string of the molecule is CN(C)C(=O)Oc1ccc(OC(=O)c2ccccc2)cc1. The van der Waals surface area contributed by atoms with Gasteiger partial charge in [-0.25, -0.2) is 9.59 Å². The zero-order chi connectivity index (χ0) is 15.2. The van der Waals surface area contributed by atoms with Crippen molar-refractivity contribution >= 4 is 12.1 Å². The van der Waals surface area contributed by atoms with Crippen molar-refractivity contribution in [2.24, 2.45) is 0 Å². The fourth-order valence-electron chi connectivity index (χ4n) is 1.51. The standard InChI is InChI=1S/C16H15NO4/c1-17(2)16(19)21-14-10-8-13(9-11-14)20-15(18)12-6-4-3-5-7-12/h3-11H,1-2H3. The first-order chi connectivity index (χ1) is 10.1. The van der Waals surface area contributed by atoms with Crippen molar-refractivity contribution in [3.8, 4) is 11.5 Å². The third-order valence-electron chi connectivity index (χ3n) is 2.61. The third-order valence-corrected chi connectivity index (χ3v) is 2.61. The van der Waals surface area contributed by atoms with Crippen LogP contribution < -0.4 is 9.47 Å². The van der Waals surface area contributed by atoms with Gasteiger partial charge < -0.3 is 14.4 Å². The Bertz CT molecular complexity index is 620. The van der Waals surface area contributed by atoms with Gasteiger partial charge in [-0.05, 0) is 36.4 Å². The summed E-state index contributed by atoms with van der Waals surface area (Å²) in [6.45, 7) is 0. The number of benzene rings is 2. The number of carbonyl (C=O) groups excluding carboxylic acids is 2. The number of hydrogen-bond donors (Lipinski definition) is 0. The molecule has 0 atom stereocenters. The molecule has 5 nitrogen and oxygen atoms in total. The van der Waals surface area contributed by atoms with E-state index in [9.17, 15) is 9.59 Å². The highest BCUT2D eigenvalue weighted by molar-refractivity contribution is 5.90. The largest absolute Gasteiger partial charge is 0.423 e. The van der Waals surface area contributed by atoms with E-state index in [1.807, 2.05) is 6.07 Å². The highest BCUT2D eigenvalue weighted by Gasteiger charge is 2.09. The molecular weight excluding hydrogens is 270 g/mol. The molecule has 0 aromatic heterocycles. The molecule has 0 spiro atoms. The van der Waals surface area contributed by atoms with Crippen molar-refractivity contribution in [1.82, 2.24) is 4.90 Å². The van der Waals surface area contributed by atoms with E-state index in [1.54, 1.807) is 62.6 Å². The predicted molar refractivity (Wildman–Crippen MR) is 77.6 cm³/mol. The lowest BCUT2D eigenvalue weighted by Crippen LogP contribution is -2.25. The van der Waals surface area contributed by atoms with Gasteiger partial charge in [0.25, 0.3) is 0 Å². The Labute approximate surface area is 122 Å². The molecule has 0 aliphatic carbocycles. The van der Waals surface area contributed by atoms with E-state index in [0.29, 0.717) is 17.1 Å². The van der Waals surface area contributed by atoms with Crippen LogP contribution in [-0.2, 0) is 0 Å². The second-order valence-corrected chi connectivity index (χ2v) is 4.49. The smallest absolute Gasteiger partial charge is 0.414 e. The molecule has 0 saturated heterocycles. The Morgan fingerprint density at radius 1 is 0.810 bits per heavy atom. The summed E-state index contributed by atoms with van der Waals surface area (Å²) in [5.74, 6) is 0.329. The maximum atomic E-state index is 11.9. The van der Waals surface area contributed by atoms with E-state index in [0.717, 1.165) is 0 Å². The lowest BCUT2D eigenvalue weighted by Gasteiger charge is -2.11. The van der Waals surface area contributed by atoms with Gasteiger partial charge in [-0.3, -0.25) is 0 Å². The van der Waals surface area contributed by atoms with Crippen molar-refractivity contribution in [3.05, 3.63) is 60.2 Å². The topological polar surface area (TPSA) is 55.8 Å². The van der Waals surface area contributed by atoms with E-state index in [1.165, 1.54) is 4.90 Å². The van der Waals surface area contributed by atoms with Gasteiger partial charge in [0, 0.05) is 14.1 Å². The van der Waals surface area contributed by atoms with Crippen LogP contribution in [0.15, 0.2) is 54.6 Å². The molecule has 2 aromatic carbocycles. The fraction of sp³-hybridized carbons (Fsp3) is 0.125. The minimum atomic E-state index is -0.468. The first kappa shape index (κ1) is 14.6. The lowest BCUT2D eigenvalue weighted by molar-refractivity contribution is 0.0734. The first-order valence-corrected chi connectivity index (χ1v) is 6.32. The summed E-state index contributed by atoms with van der Waals surface area (Å²) in [4.78, 5) is 24.6. The van der Waals surface area contributed by atoms with Crippen LogP contribution >= 0.6 is 0 Å². The van der Waals surface area contributed by atoms with Crippen LogP contribution in [0.1, 0.15) is 10.4 Å². The van der Waals surface area contributed by atoms with Crippen LogP contribution in [0.4, 0.5) is 4.79 Å². The monoisotopic (exact) mass is 285 g/mol. The first-order valence-electron chi connectivity index (χ1n) is 6.32. The third kappa shape index (κ3) is 4.07. The summed E-state index contributed by atoms with van der Waals surface area (Å²) in [6, 6.07) is 15.0. The fourth-order valence-corrected chi connectivity index (χ4v) is 1.51. The van der Waals surface area contributed by atoms with Crippen molar-refractivity contribution < 1.29 is 19.1 Å². The summed E-state index contributed by atoms with van der Waals surface area (Å²) < 4.78 is 10.3. The van der Waals surface area contributed by atoms with E-state index in [4.69, 9.17) is 9.47 Å². The molecule has 5 heteroatoms. The molecule has 0 heterocycles. The van der Waals surface area contributed by atoms with E-state index >= 15 is 0 Å². The maximum absolute atomic E-state index is 11.9. The second-order valence-electron chi connectivity index (χ2n) is 4.49. The highest BCUT2D eigenvalue weighted by Crippen LogP contribution is 2.19. The number of rotatable bonds is 3. The maximum Gasteiger partial charge on any atom is 0.414 e. The van der Waals surface area contributed by atoms with Crippen molar-refractivity contribution in [2.45, 2.75) is 0 Å². The quantitative estimate of drug-likeness (QED) is 0.642. The molecule has 0 bridgehead atoms. The molecule has 0 fully saturated rings. The predicted octanol–water partition coefficient (Wildman–Crippen LogP) is 2.97. The minimum Gasteiger partial charge on any atom is -0.423 e. The molecule has 0 N–H and O–H groups in total. The second kappa shape index (κ2) is 6.56. The molecule has 0 unspecified atom stereocenters. The Balaban J connectivity index is 2.00. The van der Waals surface area contributed by atoms with Gasteiger partial charge in [-0.15, -0.1) is 0 Å². The molecule has 2 rings (SSSR count). The molecule has 2 aromatic rings. The zero-order valence-electron chi connectivity index (χ0n) is 11.8. The summed E-state index contributed by atoms with van der Waals surface area (Å²) in [5.41, 5.74) is 0.473. The zero-order valence-corrected chi connectivity index (χ0v) is 11.8. The Morgan fingerprint density at radius 3 is 1.86 bits per heavy atom. The lowest BCUT2D eigenvalue weighted by atomic mass is 10.2. The molecule has 0 aliphatic heterocycles. The van der Waals surface area contributed by atoms with Gasteiger partial charge in [0.15, 0.2) is 0 Å². The number of amides is 1. The van der Waals surface area contributed by atoms with Gasteiger partial charge in [0.1, 0.15) is 11.5 Å². The van der Waals surface area contributed by atoms with Crippen LogP contribution in [-0.4, -0.2) is 31.1 Å².